The molecule has 0 bridgehead atoms. The zero-order chi connectivity index (χ0) is 13.9. The molecule has 0 heterocycles. The quantitative estimate of drug-likeness (QED) is 0.849. The third-order valence-corrected chi connectivity index (χ3v) is 4.21. The summed E-state index contributed by atoms with van der Waals surface area (Å²) in [5.41, 5.74) is 1.91. The Balaban J connectivity index is 1.92. The van der Waals surface area contributed by atoms with E-state index in [2.05, 4.69) is 30.4 Å². The molecule has 1 aliphatic carbocycles. The van der Waals surface area contributed by atoms with Gasteiger partial charge in [-0.3, -0.25) is 0 Å². The summed E-state index contributed by atoms with van der Waals surface area (Å²) in [4.78, 5) is 0. The molecule has 2 heteroatoms. The Bertz CT molecular complexity index is 650. The molecule has 1 atom stereocenters. The highest BCUT2D eigenvalue weighted by molar-refractivity contribution is 5.97. The molecular weight excluding hydrogens is 244 g/mol. The monoisotopic (exact) mass is 264 g/mol. The van der Waals surface area contributed by atoms with Crippen LogP contribution in [0.25, 0.3) is 10.8 Å². The Hall–Kier alpha value is -2.01. The van der Waals surface area contributed by atoms with E-state index in [1.807, 2.05) is 24.3 Å². The van der Waals surface area contributed by atoms with Crippen LogP contribution in [0, 0.1) is 17.2 Å². The van der Waals surface area contributed by atoms with E-state index in [0.29, 0.717) is 6.04 Å². The van der Waals surface area contributed by atoms with E-state index >= 15 is 0 Å². The van der Waals surface area contributed by atoms with Gasteiger partial charge in [0.15, 0.2) is 0 Å². The molecule has 20 heavy (non-hydrogen) atoms. The van der Waals surface area contributed by atoms with Crippen molar-refractivity contribution in [2.45, 2.75) is 38.6 Å². The summed E-state index contributed by atoms with van der Waals surface area (Å²) in [6, 6.07) is 15.0. The first kappa shape index (κ1) is 13.0. The third kappa shape index (κ3) is 2.63. The van der Waals surface area contributed by atoms with Crippen molar-refractivity contribution in [3.63, 3.8) is 0 Å². The van der Waals surface area contributed by atoms with Gasteiger partial charge in [0.05, 0.1) is 11.6 Å². The smallest absolute Gasteiger partial charge is 0.0998 e. The van der Waals surface area contributed by atoms with Crippen LogP contribution in [0.5, 0.6) is 0 Å². The molecule has 0 spiro atoms. The van der Waals surface area contributed by atoms with Crippen molar-refractivity contribution >= 4 is 16.5 Å². The fraction of sp³-hybridized carbons (Fsp3) is 0.389. The average Bonchev–Trinajstić information content (AvgIpc) is 3.30. The molecule has 1 fully saturated rings. The van der Waals surface area contributed by atoms with E-state index in [4.69, 9.17) is 0 Å². The van der Waals surface area contributed by atoms with Gasteiger partial charge in [-0.2, -0.15) is 5.26 Å². The molecule has 0 aliphatic heterocycles. The molecule has 0 aromatic heterocycles. The lowest BCUT2D eigenvalue weighted by Gasteiger charge is -2.19. The minimum Gasteiger partial charge on any atom is -0.382 e. The van der Waals surface area contributed by atoms with Crippen LogP contribution in [0.1, 0.15) is 38.2 Å². The summed E-state index contributed by atoms with van der Waals surface area (Å²) in [7, 11) is 0. The number of hydrogen-bond acceptors (Lipinski definition) is 2. The molecule has 2 aromatic carbocycles. The Morgan fingerprint density at radius 1 is 1.20 bits per heavy atom. The largest absolute Gasteiger partial charge is 0.382 e. The number of nitriles is 1. The second kappa shape index (κ2) is 5.54. The summed E-state index contributed by atoms with van der Waals surface area (Å²) >= 11 is 0. The SMILES string of the molecule is CCC(CC1CC1)Nc1ccc(C#N)c2ccccc12. The van der Waals surface area contributed by atoms with Gasteiger partial charge in [-0.25, -0.2) is 0 Å². The molecular formula is C18H20N2. The number of benzene rings is 2. The first-order valence-electron chi connectivity index (χ1n) is 7.50. The van der Waals surface area contributed by atoms with Crippen molar-refractivity contribution in [2.24, 2.45) is 5.92 Å². The molecule has 3 rings (SSSR count). The summed E-state index contributed by atoms with van der Waals surface area (Å²) in [6.07, 6.45) is 5.20. The maximum Gasteiger partial charge on any atom is 0.0998 e. The molecule has 0 amide bonds. The van der Waals surface area contributed by atoms with Gasteiger partial charge in [-0.1, -0.05) is 44.0 Å². The fourth-order valence-electron chi connectivity index (χ4n) is 2.83. The van der Waals surface area contributed by atoms with Crippen molar-refractivity contribution in [2.75, 3.05) is 5.32 Å². The van der Waals surface area contributed by atoms with Crippen LogP contribution in [0.3, 0.4) is 0 Å². The van der Waals surface area contributed by atoms with Crippen LogP contribution in [0.15, 0.2) is 36.4 Å². The molecule has 2 nitrogen and oxygen atoms in total. The number of hydrogen-bond donors (Lipinski definition) is 1. The van der Waals surface area contributed by atoms with E-state index < -0.39 is 0 Å². The van der Waals surface area contributed by atoms with Crippen molar-refractivity contribution < 1.29 is 0 Å². The maximum absolute atomic E-state index is 9.21. The van der Waals surface area contributed by atoms with Gasteiger partial charge in [0, 0.05) is 22.5 Å². The van der Waals surface area contributed by atoms with Crippen molar-refractivity contribution in [3.8, 4) is 6.07 Å². The highest BCUT2D eigenvalue weighted by atomic mass is 14.9. The Labute approximate surface area is 120 Å². The number of anilines is 1. The van der Waals surface area contributed by atoms with Crippen LogP contribution in [0.2, 0.25) is 0 Å². The number of fused-ring (bicyclic) bond motifs is 1. The zero-order valence-corrected chi connectivity index (χ0v) is 11.9. The molecule has 2 aromatic rings. The molecule has 1 unspecified atom stereocenters. The van der Waals surface area contributed by atoms with Crippen LogP contribution < -0.4 is 5.32 Å². The van der Waals surface area contributed by atoms with Gasteiger partial charge in [0.1, 0.15) is 0 Å². The van der Waals surface area contributed by atoms with Crippen LogP contribution in [0.4, 0.5) is 5.69 Å². The van der Waals surface area contributed by atoms with E-state index in [1.54, 1.807) is 0 Å². The first-order valence-corrected chi connectivity index (χ1v) is 7.50. The van der Waals surface area contributed by atoms with Crippen molar-refractivity contribution in [1.82, 2.24) is 0 Å². The highest BCUT2D eigenvalue weighted by Crippen LogP contribution is 2.35. The standard InChI is InChI=1S/C18H20N2/c1-2-15(11-13-7-8-13)20-18-10-9-14(12-19)16-5-3-4-6-17(16)18/h3-6,9-10,13,15,20H,2,7-8,11H2,1H3. The normalized spacial score (nSPS) is 15.8. The van der Waals surface area contributed by atoms with Crippen molar-refractivity contribution in [1.29, 1.82) is 5.26 Å². The maximum atomic E-state index is 9.21. The molecule has 0 radical (unpaired) electrons. The van der Waals surface area contributed by atoms with Crippen LogP contribution in [-0.2, 0) is 0 Å². The van der Waals surface area contributed by atoms with Crippen LogP contribution >= 0.6 is 0 Å². The summed E-state index contributed by atoms with van der Waals surface area (Å²) in [5, 5.41) is 15.1. The second-order valence-electron chi connectivity index (χ2n) is 5.75. The third-order valence-electron chi connectivity index (χ3n) is 4.21. The van der Waals surface area contributed by atoms with E-state index in [-0.39, 0.29) is 0 Å². The Kier molecular flexibility index (Phi) is 3.60. The average molecular weight is 264 g/mol. The van der Waals surface area contributed by atoms with E-state index in [0.717, 1.165) is 34.4 Å². The lowest BCUT2D eigenvalue weighted by molar-refractivity contribution is 0.587. The minimum atomic E-state index is 0.541. The predicted molar refractivity (Wildman–Crippen MR) is 83.7 cm³/mol. The lowest BCUT2D eigenvalue weighted by atomic mass is 10.0. The molecule has 1 saturated carbocycles. The Morgan fingerprint density at radius 2 is 1.95 bits per heavy atom. The summed E-state index contributed by atoms with van der Waals surface area (Å²) in [6.45, 7) is 2.24. The molecule has 0 saturated heterocycles. The summed E-state index contributed by atoms with van der Waals surface area (Å²) < 4.78 is 0. The number of rotatable bonds is 5. The number of nitrogens with one attached hydrogen (secondary N) is 1. The van der Waals surface area contributed by atoms with E-state index in [1.165, 1.54) is 19.3 Å². The summed E-state index contributed by atoms with van der Waals surface area (Å²) in [5.74, 6) is 0.928. The minimum absolute atomic E-state index is 0.541. The van der Waals surface area contributed by atoms with Crippen LogP contribution in [-0.4, -0.2) is 6.04 Å². The van der Waals surface area contributed by atoms with Gasteiger partial charge < -0.3 is 5.32 Å². The highest BCUT2D eigenvalue weighted by Gasteiger charge is 2.24. The van der Waals surface area contributed by atoms with Gasteiger partial charge in [0.2, 0.25) is 0 Å². The van der Waals surface area contributed by atoms with Gasteiger partial charge in [-0.05, 0) is 30.9 Å². The fourth-order valence-corrected chi connectivity index (χ4v) is 2.83. The van der Waals surface area contributed by atoms with Gasteiger partial charge in [-0.15, -0.1) is 0 Å². The molecule has 102 valence electrons. The van der Waals surface area contributed by atoms with E-state index in [9.17, 15) is 5.26 Å². The molecule has 1 aliphatic rings. The topological polar surface area (TPSA) is 35.8 Å². The zero-order valence-electron chi connectivity index (χ0n) is 11.9. The van der Waals surface area contributed by atoms with Crippen molar-refractivity contribution in [3.05, 3.63) is 42.0 Å². The number of nitrogens with zero attached hydrogens (tertiary/aromatic N) is 1. The van der Waals surface area contributed by atoms with Gasteiger partial charge >= 0.3 is 0 Å². The lowest BCUT2D eigenvalue weighted by Crippen LogP contribution is -2.19. The first-order chi connectivity index (χ1) is 9.81. The molecule has 1 N–H and O–H groups in total. The second-order valence-corrected chi connectivity index (χ2v) is 5.75. The Morgan fingerprint density at radius 3 is 2.60 bits per heavy atom. The van der Waals surface area contributed by atoms with Gasteiger partial charge in [0.25, 0.3) is 0 Å². The predicted octanol–water partition coefficient (Wildman–Crippen LogP) is 4.70.